The minimum absolute atomic E-state index is 0. The molecular weight excluding hydrogens is 527 g/mol. The third-order valence-corrected chi connectivity index (χ3v) is 5.85. The van der Waals surface area contributed by atoms with Gasteiger partial charge < -0.3 is 30.6 Å². The molecule has 0 spiro atoms. The number of benzene rings is 1. The van der Waals surface area contributed by atoms with Gasteiger partial charge in [0, 0.05) is 27.5 Å². The lowest BCUT2D eigenvalue weighted by Crippen LogP contribution is -2.44. The first kappa shape index (κ1) is 32.1. The molecule has 1 unspecified atom stereocenters. The minimum Gasteiger partial charge on any atom is -0.459 e. The smallest absolute Gasteiger partial charge is 0.410 e. The van der Waals surface area contributed by atoms with Crippen LogP contribution < -0.4 is 11.5 Å². The van der Waals surface area contributed by atoms with Crippen LogP contribution in [0.2, 0.25) is 0 Å². The predicted molar refractivity (Wildman–Crippen MR) is 145 cm³/mol. The van der Waals surface area contributed by atoms with Crippen molar-refractivity contribution in [3.05, 3.63) is 47.3 Å². The Morgan fingerprint density at radius 2 is 1.85 bits per heavy atom. The van der Waals surface area contributed by atoms with Crippen LogP contribution in [0.1, 0.15) is 61.4 Å². The molecule has 1 aromatic rings. The molecule has 40 heavy (non-hydrogen) atoms. The maximum absolute atomic E-state index is 13.9. The fourth-order valence-corrected chi connectivity index (χ4v) is 4.24. The van der Waals surface area contributed by atoms with Crippen molar-refractivity contribution in [1.29, 1.82) is 0 Å². The minimum atomic E-state index is -0.938. The number of likely N-dealkylation sites (tertiary alicyclic amines) is 1. The zero-order valence-corrected chi connectivity index (χ0v) is 23.3. The van der Waals surface area contributed by atoms with Crippen LogP contribution in [0.5, 0.6) is 0 Å². The second kappa shape index (κ2) is 13.8. The van der Waals surface area contributed by atoms with Crippen molar-refractivity contribution in [2.24, 2.45) is 11.5 Å². The molecular formula is C27H41FN4O8. The van der Waals surface area contributed by atoms with Crippen LogP contribution in [-0.2, 0) is 41.7 Å². The number of hydrogen-bond acceptors (Lipinski definition) is 8. The van der Waals surface area contributed by atoms with Crippen molar-refractivity contribution >= 4 is 30.0 Å². The third-order valence-electron chi connectivity index (χ3n) is 5.85. The van der Waals surface area contributed by atoms with Gasteiger partial charge >= 0.3 is 18.2 Å². The van der Waals surface area contributed by atoms with Gasteiger partial charge in [-0.2, -0.15) is 0 Å². The number of halogens is 1. The van der Waals surface area contributed by atoms with E-state index in [-0.39, 0.29) is 41.1 Å². The zero-order valence-electron chi connectivity index (χ0n) is 23.3. The summed E-state index contributed by atoms with van der Waals surface area (Å²) < 4.78 is 29.1. The van der Waals surface area contributed by atoms with Crippen LogP contribution >= 0.6 is 0 Å². The maximum atomic E-state index is 13.9. The number of primary amides is 2. The van der Waals surface area contributed by atoms with E-state index in [0.29, 0.717) is 11.1 Å². The SMILES string of the molecule is C/C=C/C(=O)O[C@H](C)CC(=O)N1C[C@H](OC(=O)N2Cc3cccc(F)c3C2)CC1C(N)=O.CC(C)(C)OC(N)=O.[HH].[HH]. The summed E-state index contributed by atoms with van der Waals surface area (Å²) in [5.74, 6) is -2.11. The normalized spacial score (nSPS) is 18.9. The molecule has 0 aromatic heterocycles. The third kappa shape index (κ3) is 9.54. The molecule has 2 heterocycles. The second-order valence-corrected chi connectivity index (χ2v) is 10.4. The molecule has 0 radical (unpaired) electrons. The molecule has 12 nitrogen and oxygen atoms in total. The van der Waals surface area contributed by atoms with Gasteiger partial charge in [-0.15, -0.1) is 0 Å². The molecule has 2 aliphatic rings. The molecule has 1 fully saturated rings. The van der Waals surface area contributed by atoms with E-state index in [1.54, 1.807) is 46.8 Å². The van der Waals surface area contributed by atoms with Gasteiger partial charge in [-0.05, 0) is 46.2 Å². The van der Waals surface area contributed by atoms with Gasteiger partial charge in [0.15, 0.2) is 0 Å². The highest BCUT2D eigenvalue weighted by atomic mass is 19.1. The first-order chi connectivity index (χ1) is 18.6. The van der Waals surface area contributed by atoms with E-state index in [1.807, 2.05) is 0 Å². The van der Waals surface area contributed by atoms with E-state index in [2.05, 4.69) is 4.74 Å². The van der Waals surface area contributed by atoms with Crippen molar-refractivity contribution in [3.8, 4) is 0 Å². The van der Waals surface area contributed by atoms with E-state index in [9.17, 15) is 28.4 Å². The first-order valence-corrected chi connectivity index (χ1v) is 12.7. The lowest BCUT2D eigenvalue weighted by molar-refractivity contribution is -0.147. The zero-order chi connectivity index (χ0) is 30.2. The van der Waals surface area contributed by atoms with Gasteiger partial charge in [0.2, 0.25) is 11.8 Å². The largest absolute Gasteiger partial charge is 0.459 e. The molecule has 2 aliphatic heterocycles. The fraction of sp³-hybridized carbons (Fsp3) is 0.519. The monoisotopic (exact) mass is 568 g/mol. The molecule has 1 aromatic carbocycles. The number of hydrogen-bond donors (Lipinski definition) is 2. The fourth-order valence-electron chi connectivity index (χ4n) is 4.24. The molecule has 1 saturated heterocycles. The van der Waals surface area contributed by atoms with Crippen molar-refractivity contribution < 1.29 is 45.4 Å². The molecule has 0 saturated carbocycles. The molecule has 224 valence electrons. The van der Waals surface area contributed by atoms with Crippen molar-refractivity contribution in [2.75, 3.05) is 6.54 Å². The Labute approximate surface area is 235 Å². The number of carbonyl (C=O) groups is 5. The van der Waals surface area contributed by atoms with Crippen LogP contribution in [0, 0.1) is 5.82 Å². The number of esters is 1. The Hall–Kier alpha value is -4.16. The summed E-state index contributed by atoms with van der Waals surface area (Å²) in [5, 5.41) is 0. The number of carbonyl (C=O) groups excluding carboxylic acids is 5. The van der Waals surface area contributed by atoms with E-state index in [4.69, 9.17) is 20.9 Å². The predicted octanol–water partition coefficient (Wildman–Crippen LogP) is 3.00. The van der Waals surface area contributed by atoms with Crippen LogP contribution in [0.15, 0.2) is 30.4 Å². The Bertz CT molecular complexity index is 1160. The maximum Gasteiger partial charge on any atom is 0.410 e. The number of nitrogens with zero attached hydrogens (tertiary/aromatic N) is 2. The average Bonchev–Trinajstić information content (AvgIpc) is 3.43. The molecule has 3 atom stereocenters. The van der Waals surface area contributed by atoms with Crippen LogP contribution in [0.4, 0.5) is 14.0 Å². The second-order valence-electron chi connectivity index (χ2n) is 10.4. The summed E-state index contributed by atoms with van der Waals surface area (Å²) in [6.07, 6.45) is -0.149. The van der Waals surface area contributed by atoms with Gasteiger partial charge in [-0.3, -0.25) is 14.5 Å². The molecule has 0 aliphatic carbocycles. The molecule has 0 bridgehead atoms. The molecule has 4 N–H and O–H groups in total. The van der Waals surface area contributed by atoms with Crippen molar-refractivity contribution in [2.45, 2.75) is 84.4 Å². The summed E-state index contributed by atoms with van der Waals surface area (Å²) >= 11 is 0. The number of amides is 4. The highest BCUT2D eigenvalue weighted by molar-refractivity contribution is 5.88. The topological polar surface area (TPSA) is 172 Å². The van der Waals surface area contributed by atoms with Crippen molar-refractivity contribution in [1.82, 2.24) is 9.80 Å². The Kier molecular flexibility index (Phi) is 11.0. The quantitative estimate of drug-likeness (QED) is 0.299. The van der Waals surface area contributed by atoms with E-state index in [1.165, 1.54) is 28.0 Å². The van der Waals surface area contributed by atoms with Crippen molar-refractivity contribution in [3.63, 3.8) is 0 Å². The lowest BCUT2D eigenvalue weighted by atomic mass is 10.1. The Morgan fingerprint density at radius 3 is 2.38 bits per heavy atom. The summed E-state index contributed by atoms with van der Waals surface area (Å²) in [5.41, 5.74) is 10.9. The Morgan fingerprint density at radius 1 is 1.18 bits per heavy atom. The molecule has 13 heteroatoms. The number of fused-ring (bicyclic) bond motifs is 1. The highest BCUT2D eigenvalue weighted by Gasteiger charge is 2.41. The number of nitrogens with two attached hydrogens (primary N) is 2. The van der Waals surface area contributed by atoms with Gasteiger partial charge in [0.25, 0.3) is 0 Å². The summed E-state index contributed by atoms with van der Waals surface area (Å²) in [4.78, 5) is 61.3. The number of ether oxygens (including phenoxy) is 3. The van der Waals surface area contributed by atoms with Crippen LogP contribution in [-0.4, -0.2) is 70.2 Å². The average molecular weight is 569 g/mol. The van der Waals surface area contributed by atoms with Gasteiger partial charge in [-0.25, -0.2) is 18.8 Å². The number of allylic oxidation sites excluding steroid dienone is 1. The van der Waals surface area contributed by atoms with E-state index < -0.39 is 53.8 Å². The lowest BCUT2D eigenvalue weighted by Gasteiger charge is -2.23. The summed E-state index contributed by atoms with van der Waals surface area (Å²) in [6.45, 7) is 8.81. The standard InChI is InChI=1S/C22H26FN3O6.C5H11NO2.2H2/c1-3-5-20(28)31-13(2)8-19(27)26-11-15(9-18(26)21(24)29)32-22(30)25-10-14-6-4-7-17(23)16(14)12-25;1-5(2,3)8-4(6)7;;/h3-7,13,15,18H,8-12H2,1-2H3,(H2,24,29);1-3H3,(H2,6,7);2*1H/b5-3+;;;/t13-,15-,18?;;;/m1.../s1. The first-order valence-electron chi connectivity index (χ1n) is 12.7. The van der Waals surface area contributed by atoms with E-state index >= 15 is 0 Å². The van der Waals surface area contributed by atoms with Gasteiger partial charge in [-0.1, -0.05) is 18.2 Å². The van der Waals surface area contributed by atoms with E-state index in [0.717, 1.165) is 0 Å². The van der Waals surface area contributed by atoms with Crippen LogP contribution in [0.25, 0.3) is 0 Å². The summed E-state index contributed by atoms with van der Waals surface area (Å²) in [7, 11) is 0. The summed E-state index contributed by atoms with van der Waals surface area (Å²) in [6, 6.07) is 3.72. The molecule has 3 rings (SSSR count). The van der Waals surface area contributed by atoms with Gasteiger partial charge in [0.1, 0.15) is 29.7 Å². The van der Waals surface area contributed by atoms with Gasteiger partial charge in [0.05, 0.1) is 19.5 Å². The number of rotatable bonds is 6. The Balaban J connectivity index is 0.00000148. The van der Waals surface area contributed by atoms with Crippen LogP contribution in [0.3, 0.4) is 0 Å². The highest BCUT2D eigenvalue weighted by Crippen LogP contribution is 2.28. The molecule has 4 amide bonds.